The largest absolute Gasteiger partial charge is 0.453 e. The molecule has 11 heavy (non-hydrogen) atoms. The van der Waals surface area contributed by atoms with Crippen molar-refractivity contribution in [2.24, 2.45) is 0 Å². The van der Waals surface area contributed by atoms with Crippen LogP contribution < -0.4 is 0 Å². The van der Waals surface area contributed by atoms with Crippen molar-refractivity contribution in [3.8, 4) is 0 Å². The minimum absolute atomic E-state index is 0.892. The van der Waals surface area contributed by atoms with Gasteiger partial charge in [0.25, 0.3) is 5.82 Å². The Morgan fingerprint density at radius 2 is 2.18 bits per heavy atom. The van der Waals surface area contributed by atoms with Gasteiger partial charge in [0.15, 0.2) is 0 Å². The van der Waals surface area contributed by atoms with Crippen LogP contribution in [-0.2, 0) is 6.18 Å². The summed E-state index contributed by atoms with van der Waals surface area (Å²) in [7, 11) is 0. The molecule has 0 atom stereocenters. The molecule has 0 aromatic carbocycles. The van der Waals surface area contributed by atoms with Gasteiger partial charge in [0, 0.05) is 6.20 Å². The molecule has 60 valence electrons. The third-order valence-corrected chi connectivity index (χ3v) is 0.949. The fraction of sp³-hybridized carbons (Fsp3) is 0.200. The highest BCUT2D eigenvalue weighted by molar-refractivity contribution is 5.12. The number of nitrogens with zero attached hydrogens (tertiary/aromatic N) is 3. The van der Waals surface area contributed by atoms with Gasteiger partial charge in [0.2, 0.25) is 0 Å². The summed E-state index contributed by atoms with van der Waals surface area (Å²) in [5.74, 6) is -1.16. The second-order valence-electron chi connectivity index (χ2n) is 1.73. The summed E-state index contributed by atoms with van der Waals surface area (Å²) in [5.41, 5.74) is 0. The predicted octanol–water partition coefficient (Wildman–Crippen LogP) is 1.40. The van der Waals surface area contributed by atoms with Crippen LogP contribution in [0.4, 0.5) is 13.2 Å². The maximum absolute atomic E-state index is 11.8. The zero-order chi connectivity index (χ0) is 8.48. The van der Waals surface area contributed by atoms with Crippen molar-refractivity contribution in [1.82, 2.24) is 14.8 Å². The Morgan fingerprint density at radius 3 is 2.45 bits per heavy atom. The summed E-state index contributed by atoms with van der Waals surface area (Å²) < 4.78 is 36.2. The molecule has 1 rings (SSSR count). The normalized spacial score (nSPS) is 11.5. The van der Waals surface area contributed by atoms with Gasteiger partial charge in [-0.3, -0.25) is 0 Å². The zero-order valence-electron chi connectivity index (χ0n) is 5.34. The van der Waals surface area contributed by atoms with E-state index in [1.807, 2.05) is 0 Å². The molecule has 1 heterocycles. The highest BCUT2D eigenvalue weighted by atomic mass is 19.4. The lowest BCUT2D eigenvalue weighted by molar-refractivity contribution is -0.144. The van der Waals surface area contributed by atoms with Crippen molar-refractivity contribution in [2.75, 3.05) is 0 Å². The van der Waals surface area contributed by atoms with Crippen LogP contribution in [0.5, 0.6) is 0 Å². The van der Waals surface area contributed by atoms with Gasteiger partial charge in [-0.05, 0) is 0 Å². The summed E-state index contributed by atoms with van der Waals surface area (Å²) >= 11 is 0. The topological polar surface area (TPSA) is 30.7 Å². The lowest BCUT2D eigenvalue weighted by Gasteiger charge is -1.97. The van der Waals surface area contributed by atoms with E-state index in [1.54, 1.807) is 0 Å². The van der Waals surface area contributed by atoms with Crippen LogP contribution >= 0.6 is 0 Å². The molecular weight excluding hydrogens is 159 g/mol. The Balaban J connectivity index is 2.98. The first-order valence-electron chi connectivity index (χ1n) is 2.65. The van der Waals surface area contributed by atoms with E-state index in [9.17, 15) is 13.2 Å². The van der Waals surface area contributed by atoms with E-state index in [4.69, 9.17) is 0 Å². The predicted molar refractivity (Wildman–Crippen MR) is 31.4 cm³/mol. The first-order valence-corrected chi connectivity index (χ1v) is 2.65. The molecule has 0 saturated heterocycles. The molecule has 0 saturated carbocycles. The van der Waals surface area contributed by atoms with Gasteiger partial charge in [-0.2, -0.15) is 13.2 Å². The van der Waals surface area contributed by atoms with Crippen molar-refractivity contribution in [3.05, 3.63) is 18.7 Å². The molecule has 0 amide bonds. The highest BCUT2D eigenvalue weighted by Gasteiger charge is 2.35. The van der Waals surface area contributed by atoms with Crippen LogP contribution in [0.15, 0.2) is 12.9 Å². The minimum Gasteiger partial charge on any atom is -0.228 e. The summed E-state index contributed by atoms with van der Waals surface area (Å²) in [6, 6.07) is 0. The summed E-state index contributed by atoms with van der Waals surface area (Å²) in [5, 5.41) is 3.06. The Hall–Kier alpha value is -1.33. The molecule has 0 unspecified atom stereocenters. The average Bonchev–Trinajstić information content (AvgIpc) is 2.32. The smallest absolute Gasteiger partial charge is 0.228 e. The second kappa shape index (κ2) is 2.37. The molecule has 1 aromatic rings. The molecular formula is C5H4F3N3. The van der Waals surface area contributed by atoms with Crippen LogP contribution in [0.25, 0.3) is 6.20 Å². The molecule has 0 aliphatic heterocycles. The summed E-state index contributed by atoms with van der Waals surface area (Å²) in [6.07, 6.45) is -2.41. The first-order chi connectivity index (χ1) is 5.04. The zero-order valence-corrected chi connectivity index (χ0v) is 5.34. The molecule has 0 N–H and O–H groups in total. The van der Waals surface area contributed by atoms with Gasteiger partial charge in [-0.15, -0.1) is 5.10 Å². The Kier molecular flexibility index (Phi) is 1.67. The minimum atomic E-state index is -4.48. The maximum Gasteiger partial charge on any atom is 0.453 e. The monoisotopic (exact) mass is 163 g/mol. The second-order valence-corrected chi connectivity index (χ2v) is 1.73. The van der Waals surface area contributed by atoms with Crippen molar-refractivity contribution in [2.45, 2.75) is 6.18 Å². The van der Waals surface area contributed by atoms with Crippen LogP contribution in [0.2, 0.25) is 0 Å². The Labute approximate surface area is 60.2 Å². The lowest BCUT2D eigenvalue weighted by Crippen LogP contribution is -2.07. The fourth-order valence-electron chi connectivity index (χ4n) is 0.493. The van der Waals surface area contributed by atoms with Crippen LogP contribution in [0.3, 0.4) is 0 Å². The fourth-order valence-corrected chi connectivity index (χ4v) is 0.493. The lowest BCUT2D eigenvalue weighted by atomic mass is 10.6. The standard InChI is InChI=1S/C5H4F3N3/c1-2-11-3-9-4(10-11)5(6,7)8/h2-3H,1H2. The van der Waals surface area contributed by atoms with E-state index in [0.29, 0.717) is 0 Å². The van der Waals surface area contributed by atoms with Gasteiger partial charge in [0.1, 0.15) is 6.33 Å². The number of hydrogen-bond donors (Lipinski definition) is 0. The van der Waals surface area contributed by atoms with E-state index in [-0.39, 0.29) is 0 Å². The molecule has 0 bridgehead atoms. The molecule has 0 spiro atoms. The summed E-state index contributed by atoms with van der Waals surface area (Å²) in [4.78, 5) is 3.01. The van der Waals surface area contributed by atoms with Crippen LogP contribution in [0, 0.1) is 0 Å². The van der Waals surface area contributed by atoms with Gasteiger partial charge in [0.05, 0.1) is 0 Å². The van der Waals surface area contributed by atoms with Gasteiger partial charge in [-0.1, -0.05) is 6.58 Å². The number of alkyl halides is 3. The molecule has 0 aliphatic carbocycles. The van der Waals surface area contributed by atoms with E-state index >= 15 is 0 Å². The molecule has 6 heteroatoms. The molecule has 0 aliphatic rings. The van der Waals surface area contributed by atoms with Gasteiger partial charge < -0.3 is 0 Å². The Morgan fingerprint density at radius 1 is 1.55 bits per heavy atom. The molecule has 0 fully saturated rings. The van der Waals surface area contributed by atoms with Crippen molar-refractivity contribution >= 4 is 6.20 Å². The Bertz CT molecular complexity index is 262. The molecule has 0 radical (unpaired) electrons. The van der Waals surface area contributed by atoms with Gasteiger partial charge >= 0.3 is 6.18 Å². The van der Waals surface area contributed by atoms with Gasteiger partial charge in [-0.25, -0.2) is 9.67 Å². The van der Waals surface area contributed by atoms with E-state index in [2.05, 4.69) is 16.7 Å². The average molecular weight is 163 g/mol. The SMILES string of the molecule is C=Cn1cnc(C(F)(F)F)n1. The number of rotatable bonds is 1. The quantitative estimate of drug-likeness (QED) is 0.626. The highest BCUT2D eigenvalue weighted by Crippen LogP contribution is 2.25. The molecule has 1 aromatic heterocycles. The summed E-state index contributed by atoms with van der Waals surface area (Å²) in [6.45, 7) is 3.22. The van der Waals surface area contributed by atoms with E-state index < -0.39 is 12.0 Å². The van der Waals surface area contributed by atoms with Crippen molar-refractivity contribution in [3.63, 3.8) is 0 Å². The van der Waals surface area contributed by atoms with Crippen LogP contribution in [0.1, 0.15) is 5.82 Å². The maximum atomic E-state index is 11.8. The molecule has 3 nitrogen and oxygen atoms in total. The third kappa shape index (κ3) is 1.57. The van der Waals surface area contributed by atoms with Crippen molar-refractivity contribution < 1.29 is 13.2 Å². The number of aromatic nitrogens is 3. The first kappa shape index (κ1) is 7.77. The van der Waals surface area contributed by atoms with Crippen molar-refractivity contribution in [1.29, 1.82) is 0 Å². The number of halogens is 3. The number of hydrogen-bond acceptors (Lipinski definition) is 2. The van der Waals surface area contributed by atoms with Crippen LogP contribution in [-0.4, -0.2) is 14.8 Å². The third-order valence-electron chi connectivity index (χ3n) is 0.949. The van der Waals surface area contributed by atoms with E-state index in [1.165, 1.54) is 0 Å². The van der Waals surface area contributed by atoms with E-state index in [0.717, 1.165) is 17.2 Å².